The van der Waals surface area contributed by atoms with Crippen molar-refractivity contribution >= 4 is 7.92 Å². The van der Waals surface area contributed by atoms with Crippen LogP contribution >= 0.6 is 7.92 Å². The van der Waals surface area contributed by atoms with Crippen LogP contribution in [-0.4, -0.2) is 17.5 Å². The molecule has 0 aliphatic rings. The molecule has 0 nitrogen and oxygen atoms in total. The van der Waals surface area contributed by atoms with Crippen LogP contribution in [-0.2, 0) is 0 Å². The Bertz CT molecular complexity index is 145. The lowest BCUT2D eigenvalue weighted by Crippen LogP contribution is -2.15. The molecule has 0 heterocycles. The summed E-state index contributed by atoms with van der Waals surface area (Å²) in [6.07, 6.45) is 14.5. The van der Waals surface area contributed by atoms with Gasteiger partial charge in [0.15, 0.2) is 0 Å². The van der Waals surface area contributed by atoms with E-state index in [1.807, 2.05) is 0 Å². The number of hydrogen-bond donors (Lipinski definition) is 0. The van der Waals surface area contributed by atoms with Crippen molar-refractivity contribution in [2.24, 2.45) is 0 Å². The molecule has 0 aliphatic carbocycles. The third-order valence-electron chi connectivity index (χ3n) is 3.51. The summed E-state index contributed by atoms with van der Waals surface area (Å²) in [4.78, 5) is 0. The van der Waals surface area contributed by atoms with E-state index in [-0.39, 0.29) is 7.92 Å². The maximum Gasteiger partial charge on any atom is -0.0179 e. The van der Waals surface area contributed by atoms with Crippen molar-refractivity contribution in [3.63, 3.8) is 0 Å². The topological polar surface area (TPSA) is 0 Å². The van der Waals surface area contributed by atoms with Gasteiger partial charge in [0.25, 0.3) is 0 Å². The van der Waals surface area contributed by atoms with E-state index in [1.165, 1.54) is 63.7 Å². The smallest absolute Gasteiger partial charge is 0.0179 e. The first-order chi connectivity index (χ1) is 8.02. The number of unbranched alkanes of at least 4 members (excludes halogenated alkanes) is 6. The molecule has 0 fully saturated rings. The van der Waals surface area contributed by atoms with E-state index in [4.69, 9.17) is 0 Å². The Kier molecular flexibility index (Phi) is 10.6. The van der Waals surface area contributed by atoms with Crippen molar-refractivity contribution in [3.05, 3.63) is 0 Å². The SMILES string of the molecule is CCCCCCP(CCCCCC)C(C)(C)C. The summed E-state index contributed by atoms with van der Waals surface area (Å²) < 4.78 is 0. The molecule has 0 bridgehead atoms. The van der Waals surface area contributed by atoms with Gasteiger partial charge in [-0.05, 0) is 30.3 Å². The van der Waals surface area contributed by atoms with Gasteiger partial charge in [-0.15, -0.1) is 7.92 Å². The molecule has 0 aromatic rings. The maximum absolute atomic E-state index is 2.46. The Morgan fingerprint density at radius 1 is 0.647 bits per heavy atom. The van der Waals surface area contributed by atoms with Gasteiger partial charge < -0.3 is 0 Å². The van der Waals surface area contributed by atoms with E-state index in [9.17, 15) is 0 Å². The van der Waals surface area contributed by atoms with Crippen LogP contribution in [0.2, 0.25) is 0 Å². The molecular weight excluding hydrogens is 223 g/mol. The van der Waals surface area contributed by atoms with Crippen molar-refractivity contribution in [1.29, 1.82) is 0 Å². The molecule has 1 heteroatoms. The highest BCUT2D eigenvalue weighted by molar-refractivity contribution is 7.59. The molecular formula is C16H35P. The van der Waals surface area contributed by atoms with E-state index >= 15 is 0 Å². The van der Waals surface area contributed by atoms with Gasteiger partial charge in [-0.25, -0.2) is 0 Å². The van der Waals surface area contributed by atoms with Crippen LogP contribution in [0.25, 0.3) is 0 Å². The van der Waals surface area contributed by atoms with Crippen LogP contribution < -0.4 is 0 Å². The van der Waals surface area contributed by atoms with Crippen molar-refractivity contribution in [1.82, 2.24) is 0 Å². The van der Waals surface area contributed by atoms with Gasteiger partial charge in [0.2, 0.25) is 0 Å². The minimum absolute atomic E-state index is 0.265. The first-order valence-electron chi connectivity index (χ1n) is 7.77. The van der Waals surface area contributed by atoms with Crippen LogP contribution in [0.1, 0.15) is 86.0 Å². The molecule has 0 N–H and O–H groups in total. The minimum Gasteiger partial charge on any atom is -0.101 e. The predicted molar refractivity (Wildman–Crippen MR) is 84.7 cm³/mol. The lowest BCUT2D eigenvalue weighted by atomic mass is 10.2. The van der Waals surface area contributed by atoms with Crippen LogP contribution in [0, 0.1) is 0 Å². The molecule has 0 unspecified atom stereocenters. The van der Waals surface area contributed by atoms with Gasteiger partial charge in [-0.3, -0.25) is 0 Å². The Morgan fingerprint density at radius 3 is 1.35 bits per heavy atom. The fraction of sp³-hybridized carbons (Fsp3) is 1.00. The van der Waals surface area contributed by atoms with E-state index < -0.39 is 0 Å². The minimum atomic E-state index is 0.265. The molecule has 0 saturated carbocycles. The first-order valence-corrected chi connectivity index (χ1v) is 9.48. The molecule has 0 spiro atoms. The quantitative estimate of drug-likeness (QED) is 0.313. The lowest BCUT2D eigenvalue weighted by Gasteiger charge is -2.32. The summed E-state index contributed by atoms with van der Waals surface area (Å²) in [5.74, 6) is 0. The summed E-state index contributed by atoms with van der Waals surface area (Å²) >= 11 is 0. The third kappa shape index (κ3) is 10.1. The van der Waals surface area contributed by atoms with Crippen molar-refractivity contribution in [2.45, 2.75) is 91.1 Å². The number of rotatable bonds is 10. The van der Waals surface area contributed by atoms with Gasteiger partial charge in [0, 0.05) is 0 Å². The van der Waals surface area contributed by atoms with Gasteiger partial charge in [0.05, 0.1) is 0 Å². The molecule has 0 aromatic carbocycles. The van der Waals surface area contributed by atoms with E-state index in [0.29, 0.717) is 5.16 Å². The van der Waals surface area contributed by atoms with Gasteiger partial charge in [0.1, 0.15) is 0 Å². The van der Waals surface area contributed by atoms with E-state index in [1.54, 1.807) is 0 Å². The Morgan fingerprint density at radius 2 is 1.06 bits per heavy atom. The van der Waals surface area contributed by atoms with E-state index in [0.717, 1.165) is 0 Å². The highest BCUT2D eigenvalue weighted by Gasteiger charge is 2.22. The monoisotopic (exact) mass is 258 g/mol. The van der Waals surface area contributed by atoms with Crippen molar-refractivity contribution in [2.75, 3.05) is 12.3 Å². The standard InChI is InChI=1S/C16H35P/c1-6-8-10-12-14-17(16(3,4)5)15-13-11-9-7-2/h6-15H2,1-5H3. The summed E-state index contributed by atoms with van der Waals surface area (Å²) in [5.41, 5.74) is 0. The second-order valence-electron chi connectivity index (χ2n) is 6.28. The van der Waals surface area contributed by atoms with Gasteiger partial charge in [-0.1, -0.05) is 73.1 Å². The first kappa shape index (κ1) is 17.4. The summed E-state index contributed by atoms with van der Waals surface area (Å²) in [6.45, 7) is 12.0. The Balaban J connectivity index is 3.81. The van der Waals surface area contributed by atoms with Crippen molar-refractivity contribution in [3.8, 4) is 0 Å². The average Bonchev–Trinajstić information content (AvgIpc) is 2.25. The third-order valence-corrected chi connectivity index (χ3v) is 7.12. The maximum atomic E-state index is 2.46. The van der Waals surface area contributed by atoms with Crippen LogP contribution in [0.4, 0.5) is 0 Å². The van der Waals surface area contributed by atoms with Crippen LogP contribution in [0.5, 0.6) is 0 Å². The summed E-state index contributed by atoms with van der Waals surface area (Å²) in [6, 6.07) is 0. The zero-order valence-electron chi connectivity index (χ0n) is 13.0. The molecule has 0 aromatic heterocycles. The second-order valence-corrected chi connectivity index (χ2v) is 9.59. The van der Waals surface area contributed by atoms with Gasteiger partial charge >= 0.3 is 0 Å². The fourth-order valence-corrected chi connectivity index (χ4v) is 5.02. The van der Waals surface area contributed by atoms with Crippen LogP contribution in [0.15, 0.2) is 0 Å². The highest BCUT2D eigenvalue weighted by atomic mass is 31.1. The lowest BCUT2D eigenvalue weighted by molar-refractivity contribution is 0.683. The molecule has 0 atom stereocenters. The summed E-state index contributed by atoms with van der Waals surface area (Å²) in [7, 11) is 0.265. The average molecular weight is 258 g/mol. The van der Waals surface area contributed by atoms with E-state index in [2.05, 4.69) is 34.6 Å². The largest absolute Gasteiger partial charge is 0.101 e. The molecule has 17 heavy (non-hydrogen) atoms. The molecule has 0 rings (SSSR count). The number of hydrogen-bond acceptors (Lipinski definition) is 0. The Labute approximate surface area is 112 Å². The summed E-state index contributed by atoms with van der Waals surface area (Å²) in [5, 5.41) is 0.577. The van der Waals surface area contributed by atoms with Gasteiger partial charge in [-0.2, -0.15) is 0 Å². The normalized spacial score (nSPS) is 12.4. The molecule has 0 saturated heterocycles. The molecule has 0 radical (unpaired) electrons. The molecule has 104 valence electrons. The highest BCUT2D eigenvalue weighted by Crippen LogP contribution is 2.50. The zero-order chi connectivity index (χ0) is 13.1. The molecule has 0 amide bonds. The fourth-order valence-electron chi connectivity index (χ4n) is 2.24. The Hall–Kier alpha value is 0.430. The predicted octanol–water partition coefficient (Wildman–Crippen LogP) is 6.43. The van der Waals surface area contributed by atoms with Crippen molar-refractivity contribution < 1.29 is 0 Å². The van der Waals surface area contributed by atoms with Crippen LogP contribution in [0.3, 0.4) is 0 Å². The second kappa shape index (κ2) is 10.4. The molecule has 0 aliphatic heterocycles. The zero-order valence-corrected chi connectivity index (χ0v) is 13.9.